The van der Waals surface area contributed by atoms with Gasteiger partial charge >= 0.3 is 0 Å². The van der Waals surface area contributed by atoms with Crippen LogP contribution in [0.5, 0.6) is 0 Å². The molecule has 3 aromatic rings. The molecule has 0 aliphatic carbocycles. The van der Waals surface area contributed by atoms with Crippen LogP contribution in [0.15, 0.2) is 42.5 Å². The van der Waals surface area contributed by atoms with Crippen molar-refractivity contribution in [2.24, 2.45) is 0 Å². The Morgan fingerprint density at radius 1 is 1.30 bits per heavy atom. The fraction of sp³-hybridized carbons (Fsp3) is 0.364. The van der Waals surface area contributed by atoms with Gasteiger partial charge in [0.1, 0.15) is 5.01 Å². The number of fused-ring (bicyclic) bond motifs is 1. The maximum absolute atomic E-state index is 12.9. The summed E-state index contributed by atoms with van der Waals surface area (Å²) < 4.78 is 6.58. The fourth-order valence-electron chi connectivity index (χ4n) is 3.48. The van der Waals surface area contributed by atoms with E-state index in [-0.39, 0.29) is 18.5 Å². The number of ether oxygens (including phenoxy) is 1. The number of thiazole rings is 1. The number of aromatic nitrogens is 1. The number of para-hydroxylation sites is 1. The molecule has 30 heavy (non-hydrogen) atoms. The lowest BCUT2D eigenvalue weighted by molar-refractivity contribution is -0.129. The summed E-state index contributed by atoms with van der Waals surface area (Å²) in [6, 6.07) is 13.7. The van der Waals surface area contributed by atoms with Crippen molar-refractivity contribution >= 4 is 50.4 Å². The number of likely N-dealkylation sites (N-methyl/N-ethyl adjacent to an activating group) is 1. The van der Waals surface area contributed by atoms with E-state index < -0.39 is 0 Å². The van der Waals surface area contributed by atoms with Crippen molar-refractivity contribution in [3.63, 3.8) is 0 Å². The summed E-state index contributed by atoms with van der Waals surface area (Å²) in [5.41, 5.74) is 2.87. The van der Waals surface area contributed by atoms with Gasteiger partial charge in [0, 0.05) is 25.2 Å². The third kappa shape index (κ3) is 4.53. The third-order valence-corrected chi connectivity index (χ3v) is 6.82. The Bertz CT molecular complexity index is 1000. The number of halogens is 1. The van der Waals surface area contributed by atoms with Gasteiger partial charge in [0.25, 0.3) is 0 Å². The van der Waals surface area contributed by atoms with Crippen LogP contribution in [0.25, 0.3) is 10.2 Å². The van der Waals surface area contributed by atoms with Gasteiger partial charge in [0.05, 0.1) is 47.4 Å². The van der Waals surface area contributed by atoms with Crippen LogP contribution < -0.4 is 10.2 Å². The van der Waals surface area contributed by atoms with E-state index in [0.717, 1.165) is 39.7 Å². The van der Waals surface area contributed by atoms with Gasteiger partial charge in [-0.05, 0) is 37.3 Å². The van der Waals surface area contributed by atoms with Crippen LogP contribution in [0.3, 0.4) is 0 Å². The lowest BCUT2D eigenvalue weighted by atomic mass is 10.2. The van der Waals surface area contributed by atoms with Gasteiger partial charge in [0.2, 0.25) is 5.91 Å². The number of anilines is 2. The molecule has 6 nitrogen and oxygen atoms in total. The number of hydrogen-bond donors (Lipinski definition) is 1. The molecule has 2 heterocycles. The number of amides is 1. The summed E-state index contributed by atoms with van der Waals surface area (Å²) in [6.07, 6.45) is 0. The summed E-state index contributed by atoms with van der Waals surface area (Å²) in [6.45, 7) is 5.22. The number of morpholine rings is 1. The predicted molar refractivity (Wildman–Crippen MR) is 124 cm³/mol. The van der Waals surface area contributed by atoms with Gasteiger partial charge < -0.3 is 19.9 Å². The number of nitrogens with one attached hydrogen (secondary N) is 1. The van der Waals surface area contributed by atoms with E-state index in [9.17, 15) is 4.79 Å². The zero-order valence-electron chi connectivity index (χ0n) is 17.1. The van der Waals surface area contributed by atoms with Crippen molar-refractivity contribution in [1.82, 2.24) is 9.88 Å². The maximum atomic E-state index is 12.9. The molecular weight excluding hydrogens is 420 g/mol. The standard InChI is InChI=1S/C22H25ClN4O2S/c1-15(22-25-17-5-3-4-6-20(17)30-22)26(2)21(28)14-24-18-13-16(23)7-8-19(18)27-9-11-29-12-10-27/h3-8,13,15,24H,9-12,14H2,1-2H3/t15-/m0/s1. The summed E-state index contributed by atoms with van der Waals surface area (Å²) in [5, 5.41) is 4.86. The topological polar surface area (TPSA) is 57.7 Å². The molecular formula is C22H25ClN4O2S. The summed E-state index contributed by atoms with van der Waals surface area (Å²) >= 11 is 7.84. The molecule has 0 saturated carbocycles. The van der Waals surface area contributed by atoms with Crippen molar-refractivity contribution in [3.05, 3.63) is 52.5 Å². The number of carbonyl (C=O) groups excluding carboxylic acids is 1. The van der Waals surface area contributed by atoms with E-state index in [1.54, 1.807) is 16.2 Å². The van der Waals surface area contributed by atoms with E-state index in [0.29, 0.717) is 18.2 Å². The SMILES string of the molecule is C[C@@H](c1nc2ccccc2s1)N(C)C(=O)CNc1cc(Cl)ccc1N1CCOCC1. The second-order valence-electron chi connectivity index (χ2n) is 7.31. The first-order chi connectivity index (χ1) is 14.5. The minimum Gasteiger partial charge on any atom is -0.378 e. The minimum atomic E-state index is -0.102. The van der Waals surface area contributed by atoms with Crippen LogP contribution >= 0.6 is 22.9 Å². The Kier molecular flexibility index (Phi) is 6.41. The molecule has 4 rings (SSSR count). The molecule has 1 aromatic heterocycles. The van der Waals surface area contributed by atoms with Crippen molar-refractivity contribution in [1.29, 1.82) is 0 Å². The average molecular weight is 445 g/mol. The number of nitrogens with zero attached hydrogens (tertiary/aromatic N) is 3. The second-order valence-corrected chi connectivity index (χ2v) is 8.81. The van der Waals surface area contributed by atoms with Gasteiger partial charge in [-0.15, -0.1) is 11.3 Å². The van der Waals surface area contributed by atoms with E-state index >= 15 is 0 Å². The molecule has 1 saturated heterocycles. The molecule has 2 aromatic carbocycles. The van der Waals surface area contributed by atoms with Gasteiger partial charge in [0.15, 0.2) is 0 Å². The molecule has 0 bridgehead atoms. The highest BCUT2D eigenvalue weighted by atomic mass is 35.5. The Hall–Kier alpha value is -2.35. The van der Waals surface area contributed by atoms with Gasteiger partial charge in [-0.2, -0.15) is 0 Å². The number of benzene rings is 2. The molecule has 1 amide bonds. The Labute approximate surface area is 185 Å². The van der Waals surface area contributed by atoms with Crippen LogP contribution in [0.1, 0.15) is 18.0 Å². The monoisotopic (exact) mass is 444 g/mol. The Balaban J connectivity index is 1.44. The first-order valence-corrected chi connectivity index (χ1v) is 11.2. The minimum absolute atomic E-state index is 0.00495. The number of carbonyl (C=O) groups is 1. The van der Waals surface area contributed by atoms with Crippen molar-refractivity contribution in [2.75, 3.05) is 50.1 Å². The maximum Gasteiger partial charge on any atom is 0.242 e. The zero-order valence-corrected chi connectivity index (χ0v) is 18.7. The fourth-order valence-corrected chi connectivity index (χ4v) is 4.71. The lowest BCUT2D eigenvalue weighted by Gasteiger charge is -2.31. The normalized spacial score (nSPS) is 15.2. The predicted octanol–water partition coefficient (Wildman–Crippen LogP) is 4.42. The van der Waals surface area contributed by atoms with E-state index in [1.807, 2.05) is 50.4 Å². The smallest absolute Gasteiger partial charge is 0.242 e. The van der Waals surface area contributed by atoms with E-state index in [2.05, 4.69) is 21.3 Å². The van der Waals surface area contributed by atoms with Crippen LogP contribution in [-0.4, -0.2) is 55.7 Å². The number of hydrogen-bond acceptors (Lipinski definition) is 6. The molecule has 0 radical (unpaired) electrons. The first kappa shape index (κ1) is 20.9. The van der Waals surface area contributed by atoms with Crippen LogP contribution in [0.4, 0.5) is 11.4 Å². The molecule has 1 fully saturated rings. The molecule has 1 aliphatic heterocycles. The van der Waals surface area contributed by atoms with Gasteiger partial charge in [-0.3, -0.25) is 4.79 Å². The Morgan fingerprint density at radius 2 is 2.07 bits per heavy atom. The highest BCUT2D eigenvalue weighted by Crippen LogP contribution is 2.31. The summed E-state index contributed by atoms with van der Waals surface area (Å²) in [4.78, 5) is 21.6. The largest absolute Gasteiger partial charge is 0.378 e. The van der Waals surface area contributed by atoms with Crippen molar-refractivity contribution < 1.29 is 9.53 Å². The molecule has 0 spiro atoms. The van der Waals surface area contributed by atoms with Gasteiger partial charge in [-0.1, -0.05) is 23.7 Å². The Morgan fingerprint density at radius 3 is 2.83 bits per heavy atom. The lowest BCUT2D eigenvalue weighted by Crippen LogP contribution is -2.37. The van der Waals surface area contributed by atoms with Crippen LogP contribution in [-0.2, 0) is 9.53 Å². The highest BCUT2D eigenvalue weighted by Gasteiger charge is 2.21. The quantitative estimate of drug-likeness (QED) is 0.610. The van der Waals surface area contributed by atoms with Gasteiger partial charge in [-0.25, -0.2) is 4.98 Å². The zero-order chi connectivity index (χ0) is 21.1. The molecule has 158 valence electrons. The highest BCUT2D eigenvalue weighted by molar-refractivity contribution is 7.18. The molecule has 0 unspecified atom stereocenters. The van der Waals surface area contributed by atoms with Crippen molar-refractivity contribution in [3.8, 4) is 0 Å². The van der Waals surface area contributed by atoms with Crippen LogP contribution in [0, 0.1) is 0 Å². The summed E-state index contributed by atoms with van der Waals surface area (Å²) in [5.74, 6) is -0.00495. The first-order valence-electron chi connectivity index (χ1n) is 10.00. The van der Waals surface area contributed by atoms with E-state index in [4.69, 9.17) is 16.3 Å². The van der Waals surface area contributed by atoms with Crippen molar-refractivity contribution in [2.45, 2.75) is 13.0 Å². The summed E-state index contributed by atoms with van der Waals surface area (Å²) in [7, 11) is 1.82. The average Bonchev–Trinajstić information content (AvgIpc) is 3.21. The molecule has 1 atom stereocenters. The molecule has 1 aliphatic rings. The molecule has 8 heteroatoms. The number of rotatable bonds is 6. The molecule has 1 N–H and O–H groups in total. The third-order valence-electron chi connectivity index (χ3n) is 5.38. The van der Waals surface area contributed by atoms with Crippen LogP contribution in [0.2, 0.25) is 5.02 Å². The van der Waals surface area contributed by atoms with E-state index in [1.165, 1.54) is 0 Å². The second kappa shape index (κ2) is 9.20.